The molecule has 5 nitrogen and oxygen atoms in total. The van der Waals surface area contributed by atoms with Gasteiger partial charge in [-0.2, -0.15) is 13.9 Å². The molecule has 0 spiro atoms. The number of halogens is 4. The number of nitrogens with one attached hydrogen (secondary N) is 1. The highest BCUT2D eigenvalue weighted by molar-refractivity contribution is 6.04. The van der Waals surface area contributed by atoms with Gasteiger partial charge in [-0.3, -0.25) is 9.48 Å². The molecule has 1 N–H and O–H groups in total. The lowest BCUT2D eigenvalue weighted by molar-refractivity contribution is 0.102. The van der Waals surface area contributed by atoms with E-state index >= 15 is 0 Å². The molecule has 0 aliphatic rings. The lowest BCUT2D eigenvalue weighted by atomic mass is 10.1. The van der Waals surface area contributed by atoms with Crippen LogP contribution < -0.4 is 10.1 Å². The Hall–Kier alpha value is -4.14. The largest absolute Gasteiger partial charge is 0.483 e. The molecule has 0 radical (unpaired) electrons. The Labute approximate surface area is 205 Å². The summed E-state index contributed by atoms with van der Waals surface area (Å²) in [7, 11) is 0. The summed E-state index contributed by atoms with van der Waals surface area (Å²) in [6, 6.07) is 14.3. The van der Waals surface area contributed by atoms with Gasteiger partial charge in [0.1, 0.15) is 6.61 Å². The highest BCUT2D eigenvalue weighted by atomic mass is 19.2. The molecule has 9 heteroatoms. The molecule has 0 fully saturated rings. The van der Waals surface area contributed by atoms with Crippen molar-refractivity contribution in [2.45, 2.75) is 33.9 Å². The highest BCUT2D eigenvalue weighted by Gasteiger charge is 2.21. The maximum Gasteiger partial charge on any atom is 0.255 e. The van der Waals surface area contributed by atoms with Crippen LogP contribution in [0.25, 0.3) is 0 Å². The second kappa shape index (κ2) is 10.2. The number of nitrogens with zero attached hydrogens (tertiary/aromatic N) is 2. The zero-order valence-corrected chi connectivity index (χ0v) is 19.8. The molecule has 0 atom stereocenters. The van der Waals surface area contributed by atoms with Crippen LogP contribution in [0.1, 0.15) is 38.4 Å². The maximum atomic E-state index is 13.8. The average molecular weight is 497 g/mol. The average Bonchev–Trinajstić information content (AvgIpc) is 3.11. The first kappa shape index (κ1) is 25.0. The number of aryl methyl sites for hydroxylation is 2. The van der Waals surface area contributed by atoms with Crippen LogP contribution in [0, 0.1) is 44.0 Å². The minimum atomic E-state index is -1.61. The summed E-state index contributed by atoms with van der Waals surface area (Å²) in [6.45, 7) is 5.90. The van der Waals surface area contributed by atoms with Crippen molar-refractivity contribution in [3.63, 3.8) is 0 Å². The minimum Gasteiger partial charge on any atom is -0.483 e. The van der Waals surface area contributed by atoms with Crippen LogP contribution in [0.4, 0.5) is 23.2 Å². The number of ether oxygens (including phenoxy) is 1. The third-order valence-electron chi connectivity index (χ3n) is 5.74. The van der Waals surface area contributed by atoms with Gasteiger partial charge in [0.15, 0.2) is 17.4 Å². The van der Waals surface area contributed by atoms with Crippen molar-refractivity contribution < 1.29 is 27.1 Å². The van der Waals surface area contributed by atoms with Crippen molar-refractivity contribution in [2.75, 3.05) is 5.32 Å². The fourth-order valence-corrected chi connectivity index (χ4v) is 3.67. The molecule has 1 heterocycles. The summed E-state index contributed by atoms with van der Waals surface area (Å²) in [5, 5.41) is 7.42. The monoisotopic (exact) mass is 497 g/mol. The highest BCUT2D eigenvalue weighted by Crippen LogP contribution is 2.27. The molecule has 1 amide bonds. The predicted octanol–water partition coefficient (Wildman–Crippen LogP) is 6.24. The minimum absolute atomic E-state index is 0.112. The predicted molar refractivity (Wildman–Crippen MR) is 127 cm³/mol. The summed E-state index contributed by atoms with van der Waals surface area (Å²) < 4.78 is 61.0. The van der Waals surface area contributed by atoms with Crippen LogP contribution in [-0.4, -0.2) is 15.7 Å². The standard InChI is InChI=1S/C27H23F4N3O2/c1-15-4-6-18(7-5-15)13-34-17(3)25(16(2)33-34)32-27(35)20-10-8-19(9-11-20)14-36-26-23(30)21(28)12-22(29)24(26)31/h4-12H,13-14H2,1-3H3,(H,32,35). The van der Waals surface area contributed by atoms with E-state index in [1.807, 2.05) is 49.7 Å². The Morgan fingerprint density at radius 2 is 1.47 bits per heavy atom. The van der Waals surface area contributed by atoms with E-state index in [-0.39, 0.29) is 18.6 Å². The van der Waals surface area contributed by atoms with Gasteiger partial charge in [-0.25, -0.2) is 8.78 Å². The molecule has 0 saturated heterocycles. The number of aromatic nitrogens is 2. The number of benzene rings is 3. The molecular formula is C27H23F4N3O2. The first-order chi connectivity index (χ1) is 17.1. The summed E-state index contributed by atoms with van der Waals surface area (Å²) in [6.07, 6.45) is 0. The van der Waals surface area contributed by atoms with E-state index in [1.165, 1.54) is 29.8 Å². The zero-order valence-electron chi connectivity index (χ0n) is 19.8. The first-order valence-corrected chi connectivity index (χ1v) is 11.1. The topological polar surface area (TPSA) is 56.2 Å². The SMILES string of the molecule is Cc1ccc(Cn2nc(C)c(NC(=O)c3ccc(COc4c(F)c(F)cc(F)c4F)cc3)c2C)cc1. The van der Waals surface area contributed by atoms with Crippen LogP contribution in [0.15, 0.2) is 54.6 Å². The van der Waals surface area contributed by atoms with Crippen LogP contribution in [0.3, 0.4) is 0 Å². The van der Waals surface area contributed by atoms with Gasteiger partial charge in [-0.1, -0.05) is 42.0 Å². The molecule has 1 aromatic heterocycles. The lowest BCUT2D eigenvalue weighted by Crippen LogP contribution is -2.13. The third-order valence-corrected chi connectivity index (χ3v) is 5.74. The van der Waals surface area contributed by atoms with Gasteiger partial charge in [0.2, 0.25) is 11.6 Å². The Balaban J connectivity index is 1.43. The van der Waals surface area contributed by atoms with Crippen molar-refractivity contribution >= 4 is 11.6 Å². The fraction of sp³-hybridized carbons (Fsp3) is 0.185. The molecule has 0 bridgehead atoms. The van der Waals surface area contributed by atoms with E-state index in [0.717, 1.165) is 11.3 Å². The van der Waals surface area contributed by atoms with Gasteiger partial charge < -0.3 is 10.1 Å². The van der Waals surface area contributed by atoms with Crippen molar-refractivity contribution in [3.05, 3.63) is 112 Å². The molecule has 0 unspecified atom stereocenters. The van der Waals surface area contributed by atoms with Gasteiger partial charge >= 0.3 is 0 Å². The zero-order chi connectivity index (χ0) is 26.0. The first-order valence-electron chi connectivity index (χ1n) is 11.1. The molecule has 0 saturated carbocycles. The van der Waals surface area contributed by atoms with Crippen LogP contribution in [0.2, 0.25) is 0 Å². The van der Waals surface area contributed by atoms with Crippen LogP contribution in [0.5, 0.6) is 5.75 Å². The van der Waals surface area contributed by atoms with Gasteiger partial charge in [0.05, 0.1) is 23.6 Å². The molecule has 3 aromatic carbocycles. The van der Waals surface area contributed by atoms with Gasteiger partial charge in [0.25, 0.3) is 5.91 Å². The number of amides is 1. The Morgan fingerprint density at radius 3 is 2.08 bits per heavy atom. The van der Waals surface area contributed by atoms with Crippen molar-refractivity contribution in [2.24, 2.45) is 0 Å². The summed E-state index contributed by atoms with van der Waals surface area (Å²) in [5.74, 6) is -7.83. The molecule has 4 rings (SSSR count). The van der Waals surface area contributed by atoms with E-state index in [9.17, 15) is 22.4 Å². The summed E-state index contributed by atoms with van der Waals surface area (Å²) in [4.78, 5) is 12.8. The molecular weight excluding hydrogens is 474 g/mol. The van der Waals surface area contributed by atoms with E-state index in [0.29, 0.717) is 29.1 Å². The number of rotatable bonds is 7. The molecule has 186 valence electrons. The maximum absolute atomic E-state index is 13.8. The number of hydrogen-bond acceptors (Lipinski definition) is 3. The Bertz CT molecular complexity index is 1390. The quantitative estimate of drug-likeness (QED) is 0.243. The van der Waals surface area contributed by atoms with E-state index < -0.39 is 29.0 Å². The van der Waals surface area contributed by atoms with E-state index in [1.54, 1.807) is 0 Å². The Kier molecular flexibility index (Phi) is 7.10. The van der Waals surface area contributed by atoms with E-state index in [2.05, 4.69) is 10.4 Å². The number of anilines is 1. The van der Waals surface area contributed by atoms with Gasteiger partial charge in [-0.05, 0) is 44.0 Å². The molecule has 0 aliphatic carbocycles. The van der Waals surface area contributed by atoms with Crippen molar-refractivity contribution in [1.29, 1.82) is 0 Å². The van der Waals surface area contributed by atoms with Crippen molar-refractivity contribution in [1.82, 2.24) is 9.78 Å². The summed E-state index contributed by atoms with van der Waals surface area (Å²) in [5.41, 5.74) is 5.11. The number of carbonyl (C=O) groups excluding carboxylic acids is 1. The fourth-order valence-electron chi connectivity index (χ4n) is 3.67. The smallest absolute Gasteiger partial charge is 0.255 e. The second-order valence-electron chi connectivity index (χ2n) is 8.43. The van der Waals surface area contributed by atoms with Gasteiger partial charge in [0, 0.05) is 11.6 Å². The number of hydrogen-bond donors (Lipinski definition) is 1. The van der Waals surface area contributed by atoms with Crippen LogP contribution >= 0.6 is 0 Å². The summed E-state index contributed by atoms with van der Waals surface area (Å²) >= 11 is 0. The number of carbonyl (C=O) groups is 1. The van der Waals surface area contributed by atoms with Crippen LogP contribution in [-0.2, 0) is 13.2 Å². The molecule has 4 aromatic rings. The molecule has 36 heavy (non-hydrogen) atoms. The third kappa shape index (κ3) is 5.25. The lowest BCUT2D eigenvalue weighted by Gasteiger charge is -2.10. The second-order valence-corrected chi connectivity index (χ2v) is 8.43. The van der Waals surface area contributed by atoms with E-state index in [4.69, 9.17) is 4.74 Å². The Morgan fingerprint density at radius 1 is 0.889 bits per heavy atom. The van der Waals surface area contributed by atoms with Gasteiger partial charge in [-0.15, -0.1) is 0 Å². The van der Waals surface area contributed by atoms with Crippen molar-refractivity contribution in [3.8, 4) is 5.75 Å². The molecule has 0 aliphatic heterocycles. The normalized spacial score (nSPS) is 11.0.